The highest BCUT2D eigenvalue weighted by Crippen LogP contribution is 2.17. The number of nitrogens with zero attached hydrogens (tertiary/aromatic N) is 6. The fraction of sp³-hybridized carbons (Fsp3) is 0.200. The Bertz CT molecular complexity index is 1470. The Morgan fingerprint density at radius 2 is 1.68 bits per heavy atom. The number of aromatic nitrogens is 4. The number of allylic oxidation sites excluding steroid dienone is 1. The number of fused-ring (bicyclic) bond motifs is 1. The maximum Gasteiger partial charge on any atom is 0.332 e. The molecule has 1 N–H and O–H groups in total. The van der Waals surface area contributed by atoms with Crippen molar-refractivity contribution in [2.24, 2.45) is 19.2 Å². The average molecular weight is 458 g/mol. The molecule has 9 nitrogen and oxygen atoms in total. The second-order valence-electron chi connectivity index (χ2n) is 8.09. The molecule has 0 saturated carbocycles. The molecule has 0 bridgehead atoms. The van der Waals surface area contributed by atoms with E-state index in [-0.39, 0.29) is 0 Å². The minimum Gasteiger partial charge on any atom is -0.378 e. The Morgan fingerprint density at radius 1 is 0.971 bits per heavy atom. The molecule has 0 saturated heterocycles. The summed E-state index contributed by atoms with van der Waals surface area (Å²) in [6, 6.07) is 17.8. The van der Waals surface area contributed by atoms with Crippen molar-refractivity contribution in [3.8, 4) is 0 Å². The second-order valence-corrected chi connectivity index (χ2v) is 8.09. The summed E-state index contributed by atoms with van der Waals surface area (Å²) in [5.41, 5.74) is 5.78. The Kier molecular flexibility index (Phi) is 6.44. The molecule has 0 aliphatic rings. The highest BCUT2D eigenvalue weighted by Gasteiger charge is 2.18. The van der Waals surface area contributed by atoms with Gasteiger partial charge in [-0.15, -0.1) is 0 Å². The maximum absolute atomic E-state index is 12.9. The van der Waals surface area contributed by atoms with Crippen LogP contribution in [0.3, 0.4) is 0 Å². The number of hydrazone groups is 1. The number of rotatable bonds is 7. The maximum atomic E-state index is 12.9. The first-order chi connectivity index (χ1) is 16.4. The number of aryl methyl sites for hydroxylation is 1. The molecule has 2 aromatic carbocycles. The van der Waals surface area contributed by atoms with Gasteiger partial charge in [-0.3, -0.25) is 18.5 Å². The van der Waals surface area contributed by atoms with Crippen LogP contribution >= 0.6 is 0 Å². The molecule has 0 radical (unpaired) electrons. The first kappa shape index (κ1) is 22.8. The molecule has 0 aliphatic carbocycles. The van der Waals surface area contributed by atoms with E-state index in [1.54, 1.807) is 17.8 Å². The van der Waals surface area contributed by atoms with E-state index in [0.717, 1.165) is 21.4 Å². The Hall–Kier alpha value is -4.40. The molecule has 0 spiro atoms. The molecule has 174 valence electrons. The number of anilines is 2. The third-order valence-electron chi connectivity index (χ3n) is 5.53. The molecule has 34 heavy (non-hydrogen) atoms. The fourth-order valence-electron chi connectivity index (χ4n) is 3.59. The van der Waals surface area contributed by atoms with Gasteiger partial charge in [0, 0.05) is 40.4 Å². The van der Waals surface area contributed by atoms with E-state index < -0.39 is 11.2 Å². The Labute approximate surface area is 196 Å². The predicted molar refractivity (Wildman–Crippen MR) is 138 cm³/mol. The molecule has 2 aromatic heterocycles. The summed E-state index contributed by atoms with van der Waals surface area (Å²) in [7, 11) is 7.03. The molecule has 0 aliphatic heterocycles. The summed E-state index contributed by atoms with van der Waals surface area (Å²) in [6.45, 7) is 0.369. The lowest BCUT2D eigenvalue weighted by Crippen LogP contribution is -2.37. The van der Waals surface area contributed by atoms with E-state index in [4.69, 9.17) is 0 Å². The van der Waals surface area contributed by atoms with Crippen molar-refractivity contribution in [2.75, 3.05) is 24.4 Å². The zero-order valence-corrected chi connectivity index (χ0v) is 19.6. The number of imidazole rings is 1. The van der Waals surface area contributed by atoms with Crippen molar-refractivity contribution in [1.82, 2.24) is 18.7 Å². The van der Waals surface area contributed by atoms with Gasteiger partial charge in [-0.1, -0.05) is 54.6 Å². The van der Waals surface area contributed by atoms with Crippen LogP contribution in [0.4, 0.5) is 11.6 Å². The number of hydrogen-bond acceptors (Lipinski definition) is 6. The molecule has 4 aromatic rings. The fourth-order valence-corrected chi connectivity index (χ4v) is 3.59. The topological polar surface area (TPSA) is 89.5 Å². The minimum absolute atomic E-state index is 0.300. The molecule has 0 fully saturated rings. The van der Waals surface area contributed by atoms with Crippen LogP contribution in [0.25, 0.3) is 17.2 Å². The van der Waals surface area contributed by atoms with Crippen LogP contribution in [-0.4, -0.2) is 39.0 Å². The molecule has 0 unspecified atom stereocenters. The average Bonchev–Trinajstić information content (AvgIpc) is 3.21. The highest BCUT2D eigenvalue weighted by molar-refractivity contribution is 5.81. The minimum atomic E-state index is -0.432. The van der Waals surface area contributed by atoms with Gasteiger partial charge in [0.05, 0.1) is 6.21 Å². The number of benzene rings is 2. The van der Waals surface area contributed by atoms with Crippen molar-refractivity contribution in [3.05, 3.63) is 92.6 Å². The Balaban J connectivity index is 1.69. The zero-order chi connectivity index (χ0) is 24.2. The third kappa shape index (κ3) is 4.54. The van der Waals surface area contributed by atoms with Gasteiger partial charge in [0.25, 0.3) is 5.56 Å². The number of nitrogens with one attached hydrogen (secondary N) is 1. The molecular weight excluding hydrogens is 430 g/mol. The van der Waals surface area contributed by atoms with Crippen LogP contribution in [0, 0.1) is 0 Å². The summed E-state index contributed by atoms with van der Waals surface area (Å²) in [5.74, 6) is 0.368. The SMILES string of the molecule is CN(C)c1ccc(C=NNc2nc3c(c(=O)n(C)c(=O)n3C)n2CC=Cc2ccccc2)cc1. The lowest BCUT2D eigenvalue weighted by molar-refractivity contribution is 0.703. The first-order valence-electron chi connectivity index (χ1n) is 10.8. The van der Waals surface area contributed by atoms with Gasteiger partial charge in [-0.25, -0.2) is 10.2 Å². The van der Waals surface area contributed by atoms with Crippen LogP contribution < -0.4 is 21.6 Å². The zero-order valence-electron chi connectivity index (χ0n) is 19.6. The summed E-state index contributed by atoms with van der Waals surface area (Å²) < 4.78 is 4.17. The van der Waals surface area contributed by atoms with Crippen molar-refractivity contribution < 1.29 is 0 Å². The van der Waals surface area contributed by atoms with Gasteiger partial charge in [0.15, 0.2) is 11.2 Å². The van der Waals surface area contributed by atoms with E-state index in [1.165, 1.54) is 11.6 Å². The summed E-state index contributed by atoms with van der Waals surface area (Å²) >= 11 is 0. The molecule has 4 rings (SSSR count). The first-order valence-corrected chi connectivity index (χ1v) is 10.8. The Morgan fingerprint density at radius 3 is 2.35 bits per heavy atom. The normalized spacial score (nSPS) is 11.6. The summed E-state index contributed by atoms with van der Waals surface area (Å²) in [4.78, 5) is 31.9. The van der Waals surface area contributed by atoms with E-state index in [9.17, 15) is 9.59 Å². The van der Waals surface area contributed by atoms with Crippen LogP contribution in [0.15, 0.2) is 75.4 Å². The van der Waals surface area contributed by atoms with E-state index in [0.29, 0.717) is 23.7 Å². The predicted octanol–water partition coefficient (Wildman–Crippen LogP) is 2.66. The highest BCUT2D eigenvalue weighted by atomic mass is 16.2. The van der Waals surface area contributed by atoms with Crippen LogP contribution in [0.1, 0.15) is 11.1 Å². The van der Waals surface area contributed by atoms with E-state index in [1.807, 2.05) is 85.7 Å². The standard InChI is InChI=1S/C25H27N7O2/c1-29(2)20-14-12-19(13-15-20)17-26-28-24-27-22-21(23(33)31(4)25(34)30(22)3)32(24)16-8-11-18-9-6-5-7-10-18/h5-15,17H,16H2,1-4H3,(H,27,28). The van der Waals surface area contributed by atoms with Crippen molar-refractivity contribution in [3.63, 3.8) is 0 Å². The lowest BCUT2D eigenvalue weighted by atomic mass is 10.2. The largest absolute Gasteiger partial charge is 0.378 e. The van der Waals surface area contributed by atoms with Crippen LogP contribution in [-0.2, 0) is 20.6 Å². The molecule has 0 atom stereocenters. The molecule has 9 heteroatoms. The summed E-state index contributed by atoms with van der Waals surface area (Å²) in [5, 5.41) is 4.32. The monoisotopic (exact) mass is 457 g/mol. The van der Waals surface area contributed by atoms with Gasteiger partial charge in [0.1, 0.15) is 0 Å². The smallest absolute Gasteiger partial charge is 0.332 e. The van der Waals surface area contributed by atoms with Gasteiger partial charge < -0.3 is 4.90 Å². The number of hydrogen-bond donors (Lipinski definition) is 1. The third-order valence-corrected chi connectivity index (χ3v) is 5.53. The van der Waals surface area contributed by atoms with Crippen LogP contribution in [0.5, 0.6) is 0 Å². The van der Waals surface area contributed by atoms with E-state index >= 15 is 0 Å². The van der Waals surface area contributed by atoms with Crippen molar-refractivity contribution in [1.29, 1.82) is 0 Å². The summed E-state index contributed by atoms with van der Waals surface area (Å²) in [6.07, 6.45) is 5.59. The second kappa shape index (κ2) is 9.62. The lowest BCUT2D eigenvalue weighted by Gasteiger charge is -2.11. The van der Waals surface area contributed by atoms with Gasteiger partial charge in [0.2, 0.25) is 5.95 Å². The molecular formula is C25H27N7O2. The van der Waals surface area contributed by atoms with Gasteiger partial charge >= 0.3 is 5.69 Å². The van der Waals surface area contributed by atoms with Gasteiger partial charge in [-0.05, 0) is 23.3 Å². The van der Waals surface area contributed by atoms with E-state index in [2.05, 4.69) is 15.5 Å². The van der Waals surface area contributed by atoms with Gasteiger partial charge in [-0.2, -0.15) is 10.1 Å². The van der Waals surface area contributed by atoms with Crippen LogP contribution in [0.2, 0.25) is 0 Å². The van der Waals surface area contributed by atoms with Crippen molar-refractivity contribution >= 4 is 35.1 Å². The van der Waals surface area contributed by atoms with Crippen molar-refractivity contribution in [2.45, 2.75) is 6.54 Å². The quantitative estimate of drug-likeness (QED) is 0.340. The molecule has 0 amide bonds. The molecule has 2 heterocycles.